The average molecular weight is 236 g/mol. The molecule has 0 aliphatic carbocycles. The first-order chi connectivity index (χ1) is 8.00. The highest BCUT2D eigenvalue weighted by atomic mass is 16.3. The summed E-state index contributed by atoms with van der Waals surface area (Å²) in [4.78, 5) is 11.8. The number of hydrogen-bond acceptors (Lipinski definition) is 3. The molecule has 4 N–H and O–H groups in total. The Kier molecular flexibility index (Phi) is 5.12. The van der Waals surface area contributed by atoms with E-state index in [1.54, 1.807) is 6.92 Å². The molecule has 0 saturated heterocycles. The number of hydrogen-bond donors (Lipinski definition) is 3. The number of nitrogens with two attached hydrogens (primary N) is 1. The molecule has 0 aliphatic heterocycles. The third kappa shape index (κ3) is 4.54. The van der Waals surface area contributed by atoms with E-state index >= 15 is 0 Å². The standard InChI is InChI=1S/C13H20N2O2/c1-9(8-10(2)16)15-13(17)12(14)11-6-4-3-5-7-11/h3-7,9-10,12,16H,8,14H2,1-2H3,(H,15,17)/t9?,10?,12-/m1/s1. The summed E-state index contributed by atoms with van der Waals surface area (Å²) in [5, 5.41) is 12.0. The summed E-state index contributed by atoms with van der Waals surface area (Å²) >= 11 is 0. The molecule has 0 aliphatic rings. The van der Waals surface area contributed by atoms with Crippen LogP contribution in [0.2, 0.25) is 0 Å². The lowest BCUT2D eigenvalue weighted by Gasteiger charge is -2.18. The van der Waals surface area contributed by atoms with Crippen molar-refractivity contribution < 1.29 is 9.90 Å². The van der Waals surface area contributed by atoms with Gasteiger partial charge in [-0.25, -0.2) is 0 Å². The molecule has 1 amide bonds. The smallest absolute Gasteiger partial charge is 0.241 e. The van der Waals surface area contributed by atoms with Gasteiger partial charge in [0.2, 0.25) is 5.91 Å². The van der Waals surface area contributed by atoms with Crippen LogP contribution in [0.25, 0.3) is 0 Å². The normalized spacial score (nSPS) is 16.0. The van der Waals surface area contributed by atoms with Crippen LogP contribution >= 0.6 is 0 Å². The zero-order chi connectivity index (χ0) is 12.8. The van der Waals surface area contributed by atoms with E-state index in [2.05, 4.69) is 5.32 Å². The van der Waals surface area contributed by atoms with E-state index in [0.29, 0.717) is 6.42 Å². The monoisotopic (exact) mass is 236 g/mol. The van der Waals surface area contributed by atoms with Gasteiger partial charge in [0.15, 0.2) is 0 Å². The molecule has 4 nitrogen and oxygen atoms in total. The SMILES string of the molecule is CC(O)CC(C)NC(=O)[C@H](N)c1ccccc1. The van der Waals surface area contributed by atoms with Crippen molar-refractivity contribution in [3.63, 3.8) is 0 Å². The van der Waals surface area contributed by atoms with Gasteiger partial charge in [-0.15, -0.1) is 0 Å². The van der Waals surface area contributed by atoms with Crippen molar-refractivity contribution in [2.75, 3.05) is 0 Å². The van der Waals surface area contributed by atoms with Crippen molar-refractivity contribution in [3.8, 4) is 0 Å². The molecule has 0 radical (unpaired) electrons. The molecule has 3 atom stereocenters. The molecule has 0 fully saturated rings. The van der Waals surface area contributed by atoms with Crippen molar-refractivity contribution >= 4 is 5.91 Å². The highest BCUT2D eigenvalue weighted by molar-refractivity contribution is 5.83. The van der Waals surface area contributed by atoms with Gasteiger partial charge in [-0.3, -0.25) is 4.79 Å². The molecule has 2 unspecified atom stereocenters. The molecule has 0 bridgehead atoms. The summed E-state index contributed by atoms with van der Waals surface area (Å²) in [6.07, 6.45) is 0.0889. The molecule has 1 aromatic carbocycles. The first kappa shape index (κ1) is 13.7. The summed E-state index contributed by atoms with van der Waals surface area (Å²) < 4.78 is 0. The maximum Gasteiger partial charge on any atom is 0.241 e. The van der Waals surface area contributed by atoms with E-state index in [9.17, 15) is 9.90 Å². The van der Waals surface area contributed by atoms with E-state index in [1.165, 1.54) is 0 Å². The number of carbonyl (C=O) groups is 1. The fraction of sp³-hybridized carbons (Fsp3) is 0.462. The molecular formula is C13H20N2O2. The topological polar surface area (TPSA) is 75.3 Å². The number of benzene rings is 1. The minimum atomic E-state index is -0.660. The zero-order valence-corrected chi connectivity index (χ0v) is 10.3. The number of aliphatic hydroxyl groups is 1. The highest BCUT2D eigenvalue weighted by Gasteiger charge is 2.17. The summed E-state index contributed by atoms with van der Waals surface area (Å²) in [5.74, 6) is -0.218. The zero-order valence-electron chi connectivity index (χ0n) is 10.3. The quantitative estimate of drug-likeness (QED) is 0.713. The van der Waals surface area contributed by atoms with Crippen LogP contribution in [0, 0.1) is 0 Å². The van der Waals surface area contributed by atoms with Crippen molar-refractivity contribution in [3.05, 3.63) is 35.9 Å². The maximum atomic E-state index is 11.8. The fourth-order valence-electron chi connectivity index (χ4n) is 1.71. The predicted molar refractivity (Wildman–Crippen MR) is 67.3 cm³/mol. The Bertz CT molecular complexity index is 352. The Labute approximate surface area is 102 Å². The molecule has 17 heavy (non-hydrogen) atoms. The van der Waals surface area contributed by atoms with Gasteiger partial charge < -0.3 is 16.2 Å². The molecule has 4 heteroatoms. The average Bonchev–Trinajstić information content (AvgIpc) is 2.28. The van der Waals surface area contributed by atoms with Gasteiger partial charge in [0.1, 0.15) is 6.04 Å². The van der Waals surface area contributed by atoms with Crippen LogP contribution in [0.3, 0.4) is 0 Å². The molecule has 0 spiro atoms. The van der Waals surface area contributed by atoms with E-state index in [-0.39, 0.29) is 11.9 Å². The van der Waals surface area contributed by atoms with E-state index in [1.807, 2.05) is 37.3 Å². The number of rotatable bonds is 5. The second kappa shape index (κ2) is 6.37. The lowest BCUT2D eigenvalue weighted by Crippen LogP contribution is -2.40. The Hall–Kier alpha value is -1.39. The van der Waals surface area contributed by atoms with Crippen molar-refractivity contribution in [2.45, 2.75) is 38.5 Å². The Morgan fingerprint density at radius 1 is 1.35 bits per heavy atom. The molecule has 1 aromatic rings. The van der Waals surface area contributed by atoms with Crippen molar-refractivity contribution in [1.82, 2.24) is 5.32 Å². The van der Waals surface area contributed by atoms with Gasteiger partial charge in [-0.2, -0.15) is 0 Å². The lowest BCUT2D eigenvalue weighted by atomic mass is 10.1. The van der Waals surface area contributed by atoms with E-state index < -0.39 is 12.1 Å². The minimum Gasteiger partial charge on any atom is -0.393 e. The Morgan fingerprint density at radius 2 is 1.94 bits per heavy atom. The van der Waals surface area contributed by atoms with Crippen LogP contribution in [0.1, 0.15) is 31.9 Å². The molecular weight excluding hydrogens is 216 g/mol. The molecule has 0 saturated carbocycles. The summed E-state index contributed by atoms with van der Waals surface area (Å²) in [5.41, 5.74) is 6.63. The predicted octanol–water partition coefficient (Wildman–Crippen LogP) is 0.962. The van der Waals surface area contributed by atoms with E-state index in [0.717, 1.165) is 5.56 Å². The van der Waals surface area contributed by atoms with Gasteiger partial charge in [0.25, 0.3) is 0 Å². The minimum absolute atomic E-state index is 0.0859. The van der Waals surface area contributed by atoms with Gasteiger partial charge in [0, 0.05) is 6.04 Å². The number of aliphatic hydroxyl groups excluding tert-OH is 1. The summed E-state index contributed by atoms with van der Waals surface area (Å²) in [6.45, 7) is 3.54. The van der Waals surface area contributed by atoms with Crippen molar-refractivity contribution in [1.29, 1.82) is 0 Å². The Morgan fingerprint density at radius 3 is 2.47 bits per heavy atom. The summed E-state index contributed by atoms with van der Waals surface area (Å²) in [7, 11) is 0. The first-order valence-corrected chi connectivity index (χ1v) is 5.79. The van der Waals surface area contributed by atoms with Crippen LogP contribution in [0.5, 0.6) is 0 Å². The highest BCUT2D eigenvalue weighted by Crippen LogP contribution is 2.10. The third-order valence-corrected chi connectivity index (χ3v) is 2.52. The van der Waals surface area contributed by atoms with Crippen LogP contribution in [-0.2, 0) is 4.79 Å². The van der Waals surface area contributed by atoms with Crippen LogP contribution < -0.4 is 11.1 Å². The van der Waals surface area contributed by atoms with Gasteiger partial charge >= 0.3 is 0 Å². The third-order valence-electron chi connectivity index (χ3n) is 2.52. The van der Waals surface area contributed by atoms with Gasteiger partial charge in [-0.05, 0) is 25.8 Å². The van der Waals surface area contributed by atoms with Gasteiger partial charge in [0.05, 0.1) is 6.10 Å². The molecule has 0 aromatic heterocycles. The largest absolute Gasteiger partial charge is 0.393 e. The van der Waals surface area contributed by atoms with Crippen LogP contribution in [0.15, 0.2) is 30.3 Å². The second-order valence-electron chi connectivity index (χ2n) is 4.38. The van der Waals surface area contributed by atoms with Crippen molar-refractivity contribution in [2.24, 2.45) is 5.73 Å². The lowest BCUT2D eigenvalue weighted by molar-refractivity contribution is -0.123. The molecule has 1 rings (SSSR count). The summed E-state index contributed by atoms with van der Waals surface area (Å²) in [6, 6.07) is 8.48. The van der Waals surface area contributed by atoms with E-state index in [4.69, 9.17) is 5.73 Å². The Balaban J connectivity index is 2.53. The first-order valence-electron chi connectivity index (χ1n) is 5.79. The van der Waals surface area contributed by atoms with Crippen LogP contribution in [0.4, 0.5) is 0 Å². The second-order valence-corrected chi connectivity index (χ2v) is 4.38. The van der Waals surface area contributed by atoms with Crippen LogP contribution in [-0.4, -0.2) is 23.2 Å². The molecule has 94 valence electrons. The number of nitrogens with one attached hydrogen (secondary N) is 1. The van der Waals surface area contributed by atoms with Gasteiger partial charge in [-0.1, -0.05) is 30.3 Å². The number of carbonyl (C=O) groups excluding carboxylic acids is 1. The fourth-order valence-corrected chi connectivity index (χ4v) is 1.71. The molecule has 0 heterocycles. The maximum absolute atomic E-state index is 11.8. The number of amides is 1.